The van der Waals surface area contributed by atoms with Gasteiger partial charge in [-0.2, -0.15) is 0 Å². The second-order valence-corrected chi connectivity index (χ2v) is 7.92. The van der Waals surface area contributed by atoms with Gasteiger partial charge >= 0.3 is 0 Å². The predicted octanol–water partition coefficient (Wildman–Crippen LogP) is 5.91. The van der Waals surface area contributed by atoms with Crippen LogP contribution in [0.1, 0.15) is 11.3 Å². The third-order valence-corrected chi connectivity index (χ3v) is 5.46. The molecule has 0 unspecified atom stereocenters. The minimum absolute atomic E-state index is 0.172. The van der Waals surface area contributed by atoms with Gasteiger partial charge in [0, 0.05) is 16.1 Å². The van der Waals surface area contributed by atoms with E-state index < -0.39 is 0 Å². The number of aliphatic imine (C=N–C) groups is 1. The molecule has 27 heavy (non-hydrogen) atoms. The molecule has 1 aromatic heterocycles. The number of benzene rings is 2. The molecular formula is C21H15BrN2O2S. The number of amides is 1. The Morgan fingerprint density at radius 3 is 2.63 bits per heavy atom. The van der Waals surface area contributed by atoms with Gasteiger partial charge in [-0.3, -0.25) is 4.79 Å². The van der Waals surface area contributed by atoms with Gasteiger partial charge in [0.05, 0.1) is 10.6 Å². The highest BCUT2D eigenvalue weighted by atomic mass is 79.9. The number of para-hydroxylation sites is 1. The summed E-state index contributed by atoms with van der Waals surface area (Å²) in [5.41, 5.74) is 2.88. The van der Waals surface area contributed by atoms with Gasteiger partial charge in [0.1, 0.15) is 11.5 Å². The molecule has 134 valence electrons. The zero-order valence-corrected chi connectivity index (χ0v) is 16.8. The second-order valence-electron chi connectivity index (χ2n) is 5.98. The van der Waals surface area contributed by atoms with E-state index in [4.69, 9.17) is 4.42 Å². The van der Waals surface area contributed by atoms with Crippen molar-refractivity contribution in [2.24, 2.45) is 4.99 Å². The van der Waals surface area contributed by atoms with Gasteiger partial charge in [0.25, 0.3) is 5.91 Å². The van der Waals surface area contributed by atoms with Crippen molar-refractivity contribution < 1.29 is 9.21 Å². The summed E-state index contributed by atoms with van der Waals surface area (Å²) in [6, 6.07) is 19.4. The van der Waals surface area contributed by atoms with E-state index in [0.717, 1.165) is 27.0 Å². The summed E-state index contributed by atoms with van der Waals surface area (Å²) in [4.78, 5) is 17.3. The predicted molar refractivity (Wildman–Crippen MR) is 114 cm³/mol. The molecule has 0 spiro atoms. The van der Waals surface area contributed by atoms with E-state index in [-0.39, 0.29) is 5.91 Å². The van der Waals surface area contributed by atoms with E-state index in [0.29, 0.717) is 15.8 Å². The van der Waals surface area contributed by atoms with E-state index in [1.807, 2.05) is 67.6 Å². The fraction of sp³-hybridized carbons (Fsp3) is 0.0476. The van der Waals surface area contributed by atoms with Gasteiger partial charge in [-0.1, -0.05) is 46.3 Å². The maximum absolute atomic E-state index is 12.3. The van der Waals surface area contributed by atoms with E-state index in [1.54, 1.807) is 6.08 Å². The number of aryl methyl sites for hydroxylation is 1. The average Bonchev–Trinajstić information content (AvgIpc) is 3.25. The number of halogens is 1. The Morgan fingerprint density at radius 1 is 1.07 bits per heavy atom. The van der Waals surface area contributed by atoms with Crippen LogP contribution in [0, 0.1) is 6.92 Å². The molecule has 2 aromatic carbocycles. The number of amidine groups is 1. The maximum atomic E-state index is 12.3. The molecule has 1 fully saturated rings. The summed E-state index contributed by atoms with van der Waals surface area (Å²) in [5.74, 6) is 1.21. The first-order valence-corrected chi connectivity index (χ1v) is 9.90. The standard InChI is InChI=1S/C21H15BrN2O2S/c1-13-4-2-3-5-17(13)23-21-24-20(25)19(27-21)12-16-10-11-18(26-16)14-6-8-15(22)9-7-14/h2-12H,1H3,(H,23,24,25). The first-order valence-electron chi connectivity index (χ1n) is 8.29. The minimum atomic E-state index is -0.172. The molecule has 1 aliphatic rings. The highest BCUT2D eigenvalue weighted by Crippen LogP contribution is 2.31. The Labute approximate surface area is 169 Å². The molecule has 2 heterocycles. The van der Waals surface area contributed by atoms with Crippen molar-refractivity contribution in [3.63, 3.8) is 0 Å². The number of carbonyl (C=O) groups excluding carboxylic acids is 1. The van der Waals surface area contributed by atoms with E-state index in [9.17, 15) is 4.79 Å². The van der Waals surface area contributed by atoms with Crippen molar-refractivity contribution in [1.29, 1.82) is 0 Å². The third kappa shape index (κ3) is 4.07. The number of hydrogen-bond donors (Lipinski definition) is 1. The van der Waals surface area contributed by atoms with Crippen molar-refractivity contribution in [3.8, 4) is 11.3 Å². The summed E-state index contributed by atoms with van der Waals surface area (Å²) in [5, 5.41) is 3.37. The minimum Gasteiger partial charge on any atom is -0.457 e. The molecule has 4 rings (SSSR count). The zero-order valence-electron chi connectivity index (χ0n) is 14.4. The molecule has 0 atom stereocenters. The Hall–Kier alpha value is -2.57. The monoisotopic (exact) mass is 438 g/mol. The van der Waals surface area contributed by atoms with Crippen LogP contribution in [0.25, 0.3) is 17.4 Å². The molecule has 3 aromatic rings. The summed E-state index contributed by atoms with van der Waals surface area (Å²) in [6.45, 7) is 1.99. The van der Waals surface area contributed by atoms with Crippen molar-refractivity contribution >= 4 is 50.5 Å². The number of thioether (sulfide) groups is 1. The number of hydrogen-bond acceptors (Lipinski definition) is 4. The lowest BCUT2D eigenvalue weighted by molar-refractivity contribution is -0.115. The van der Waals surface area contributed by atoms with E-state index in [2.05, 4.69) is 26.2 Å². The quantitative estimate of drug-likeness (QED) is 0.517. The third-order valence-electron chi connectivity index (χ3n) is 4.02. The van der Waals surface area contributed by atoms with E-state index in [1.165, 1.54) is 11.8 Å². The number of carbonyl (C=O) groups is 1. The van der Waals surface area contributed by atoms with Crippen LogP contribution >= 0.6 is 27.7 Å². The molecule has 1 N–H and O–H groups in total. The second kappa shape index (κ2) is 7.58. The summed E-state index contributed by atoms with van der Waals surface area (Å²) in [6.07, 6.45) is 1.74. The molecule has 1 saturated heterocycles. The van der Waals surface area contributed by atoms with Gasteiger partial charge in [-0.25, -0.2) is 4.99 Å². The molecule has 0 saturated carbocycles. The highest BCUT2D eigenvalue weighted by Gasteiger charge is 2.24. The molecule has 1 amide bonds. The van der Waals surface area contributed by atoms with Crippen molar-refractivity contribution in [2.75, 3.05) is 0 Å². The summed E-state index contributed by atoms with van der Waals surface area (Å²) >= 11 is 4.73. The lowest BCUT2D eigenvalue weighted by Gasteiger charge is -1.99. The van der Waals surface area contributed by atoms with Crippen molar-refractivity contribution in [2.45, 2.75) is 6.92 Å². The molecule has 0 aliphatic carbocycles. The highest BCUT2D eigenvalue weighted by molar-refractivity contribution is 9.10. The maximum Gasteiger partial charge on any atom is 0.264 e. The molecule has 6 heteroatoms. The summed E-state index contributed by atoms with van der Waals surface area (Å²) in [7, 11) is 0. The molecular weight excluding hydrogens is 424 g/mol. The van der Waals surface area contributed by atoms with Gasteiger partial charge in [0.15, 0.2) is 5.17 Å². The molecule has 0 bridgehead atoms. The Balaban J connectivity index is 1.55. The molecule has 1 aliphatic heterocycles. The number of nitrogens with zero attached hydrogens (tertiary/aromatic N) is 1. The molecule has 4 nitrogen and oxygen atoms in total. The SMILES string of the molecule is Cc1ccccc1N=C1NC(=O)C(=Cc2ccc(-c3ccc(Br)cc3)o2)S1. The normalized spacial score (nSPS) is 16.9. The Morgan fingerprint density at radius 2 is 1.85 bits per heavy atom. The Bertz CT molecular complexity index is 1070. The average molecular weight is 439 g/mol. The lowest BCUT2D eigenvalue weighted by atomic mass is 10.2. The fourth-order valence-corrected chi connectivity index (χ4v) is 3.69. The fourth-order valence-electron chi connectivity index (χ4n) is 2.61. The first kappa shape index (κ1) is 17.8. The van der Waals surface area contributed by atoms with Crippen LogP contribution in [0.2, 0.25) is 0 Å². The topological polar surface area (TPSA) is 54.6 Å². The van der Waals surface area contributed by atoms with Gasteiger partial charge in [-0.15, -0.1) is 0 Å². The zero-order chi connectivity index (χ0) is 18.8. The van der Waals surface area contributed by atoms with Crippen LogP contribution in [0.4, 0.5) is 5.69 Å². The first-order chi connectivity index (χ1) is 13.1. The summed E-state index contributed by atoms with van der Waals surface area (Å²) < 4.78 is 6.88. The van der Waals surface area contributed by atoms with Crippen molar-refractivity contribution in [3.05, 3.63) is 81.4 Å². The number of nitrogens with one attached hydrogen (secondary N) is 1. The lowest BCUT2D eigenvalue weighted by Crippen LogP contribution is -2.19. The van der Waals surface area contributed by atoms with Crippen LogP contribution in [0.3, 0.4) is 0 Å². The smallest absolute Gasteiger partial charge is 0.264 e. The number of furan rings is 1. The van der Waals surface area contributed by atoms with Gasteiger partial charge in [-0.05, 0) is 54.6 Å². The van der Waals surface area contributed by atoms with Crippen LogP contribution in [0.5, 0.6) is 0 Å². The molecule has 0 radical (unpaired) electrons. The Kier molecular flexibility index (Phi) is 5.01. The van der Waals surface area contributed by atoms with Gasteiger partial charge in [0.2, 0.25) is 0 Å². The van der Waals surface area contributed by atoms with Crippen molar-refractivity contribution in [1.82, 2.24) is 5.32 Å². The van der Waals surface area contributed by atoms with Gasteiger partial charge < -0.3 is 9.73 Å². The van der Waals surface area contributed by atoms with Crippen LogP contribution in [-0.4, -0.2) is 11.1 Å². The van der Waals surface area contributed by atoms with E-state index >= 15 is 0 Å². The van der Waals surface area contributed by atoms with Crippen LogP contribution in [0.15, 0.2) is 79.5 Å². The van der Waals surface area contributed by atoms with Crippen LogP contribution < -0.4 is 5.32 Å². The largest absolute Gasteiger partial charge is 0.457 e. The van der Waals surface area contributed by atoms with Crippen LogP contribution in [-0.2, 0) is 4.79 Å². The number of rotatable bonds is 3.